The first-order valence-electron chi connectivity index (χ1n) is 10.8. The monoisotopic (exact) mass is 426 g/mol. The van der Waals surface area contributed by atoms with Gasteiger partial charge in [-0.05, 0) is 30.9 Å². The van der Waals surface area contributed by atoms with Gasteiger partial charge >= 0.3 is 0 Å². The van der Waals surface area contributed by atoms with Crippen molar-refractivity contribution in [2.45, 2.75) is 38.3 Å². The predicted octanol–water partition coefficient (Wildman–Crippen LogP) is 2.64. The van der Waals surface area contributed by atoms with E-state index in [2.05, 4.69) is 21.4 Å². The van der Waals surface area contributed by atoms with Gasteiger partial charge in [-0.2, -0.15) is 5.10 Å². The van der Waals surface area contributed by atoms with Gasteiger partial charge in [0, 0.05) is 24.3 Å². The molecule has 4 rings (SSSR count). The normalized spacial score (nSPS) is 20.5. The lowest BCUT2D eigenvalue weighted by atomic mass is 10.1. The third-order valence-electron chi connectivity index (χ3n) is 5.33. The van der Waals surface area contributed by atoms with E-state index >= 15 is 0 Å². The Morgan fingerprint density at radius 2 is 1.77 bits per heavy atom. The molecule has 31 heavy (non-hydrogen) atoms. The minimum atomic E-state index is -0.274. The van der Waals surface area contributed by atoms with Gasteiger partial charge in [-0.3, -0.25) is 5.43 Å². The SMILES string of the molecule is CC(OCCCO)c1ccc(C2=NNC(c3ccc(C4OCCCO4)cc3)NN2)cc1. The molecule has 1 saturated heterocycles. The molecule has 1 fully saturated rings. The van der Waals surface area contributed by atoms with Crippen molar-refractivity contribution in [2.75, 3.05) is 26.4 Å². The van der Waals surface area contributed by atoms with E-state index in [-0.39, 0.29) is 25.2 Å². The molecule has 2 unspecified atom stereocenters. The van der Waals surface area contributed by atoms with Crippen LogP contribution < -0.4 is 16.3 Å². The van der Waals surface area contributed by atoms with Gasteiger partial charge in [-0.15, -0.1) is 0 Å². The van der Waals surface area contributed by atoms with Gasteiger partial charge in [0.25, 0.3) is 0 Å². The summed E-state index contributed by atoms with van der Waals surface area (Å²) in [6, 6.07) is 16.2. The Morgan fingerprint density at radius 1 is 1.06 bits per heavy atom. The van der Waals surface area contributed by atoms with Crippen LogP contribution >= 0.6 is 0 Å². The minimum absolute atomic E-state index is 0.0186. The van der Waals surface area contributed by atoms with E-state index in [0.717, 1.165) is 47.7 Å². The van der Waals surface area contributed by atoms with E-state index in [1.165, 1.54) is 0 Å². The Labute approximate surface area is 182 Å². The Kier molecular flexibility index (Phi) is 7.50. The molecule has 2 heterocycles. The topological polar surface area (TPSA) is 96.4 Å². The van der Waals surface area contributed by atoms with E-state index in [9.17, 15) is 0 Å². The number of hydrazine groups is 1. The number of ether oxygens (including phenoxy) is 3. The zero-order chi connectivity index (χ0) is 21.5. The quantitative estimate of drug-likeness (QED) is 0.482. The van der Waals surface area contributed by atoms with Crippen molar-refractivity contribution in [1.29, 1.82) is 0 Å². The Balaban J connectivity index is 1.33. The molecular weight excluding hydrogens is 396 g/mol. The van der Waals surface area contributed by atoms with E-state index < -0.39 is 0 Å². The van der Waals surface area contributed by atoms with E-state index in [0.29, 0.717) is 13.0 Å². The zero-order valence-corrected chi connectivity index (χ0v) is 17.7. The highest BCUT2D eigenvalue weighted by Crippen LogP contribution is 2.24. The Hall–Kier alpha value is -2.49. The van der Waals surface area contributed by atoms with E-state index in [1.54, 1.807) is 0 Å². The minimum Gasteiger partial charge on any atom is -0.396 e. The Morgan fingerprint density at radius 3 is 2.42 bits per heavy atom. The summed E-state index contributed by atoms with van der Waals surface area (Å²) in [6.07, 6.45) is 1.15. The molecule has 2 aromatic rings. The number of rotatable bonds is 8. The molecule has 2 atom stereocenters. The Bertz CT molecular complexity index is 851. The molecule has 2 aliphatic heterocycles. The summed E-state index contributed by atoms with van der Waals surface area (Å²) < 4.78 is 17.0. The summed E-state index contributed by atoms with van der Waals surface area (Å²) in [4.78, 5) is 0. The summed E-state index contributed by atoms with van der Waals surface area (Å²) in [5, 5.41) is 13.4. The average molecular weight is 427 g/mol. The van der Waals surface area contributed by atoms with Gasteiger partial charge in [-0.1, -0.05) is 48.5 Å². The van der Waals surface area contributed by atoms with E-state index in [1.807, 2.05) is 55.5 Å². The zero-order valence-electron chi connectivity index (χ0n) is 17.7. The number of amidine groups is 1. The van der Waals surface area contributed by atoms with Crippen LogP contribution in [0, 0.1) is 0 Å². The molecular formula is C23H30N4O4. The molecule has 8 heteroatoms. The number of hydrogen-bond acceptors (Lipinski definition) is 8. The fraction of sp³-hybridized carbons (Fsp3) is 0.435. The molecule has 0 radical (unpaired) electrons. The van der Waals surface area contributed by atoms with Crippen LogP contribution in [0.25, 0.3) is 0 Å². The lowest BCUT2D eigenvalue weighted by Gasteiger charge is -2.27. The van der Waals surface area contributed by atoms with Crippen LogP contribution in [0.4, 0.5) is 0 Å². The van der Waals surface area contributed by atoms with Crippen molar-refractivity contribution >= 4 is 5.84 Å². The van der Waals surface area contributed by atoms with E-state index in [4.69, 9.17) is 19.3 Å². The lowest BCUT2D eigenvalue weighted by molar-refractivity contribution is -0.183. The highest BCUT2D eigenvalue weighted by Gasteiger charge is 2.20. The highest BCUT2D eigenvalue weighted by molar-refractivity contribution is 5.98. The molecule has 0 aromatic heterocycles. The first-order chi connectivity index (χ1) is 15.2. The molecule has 2 aromatic carbocycles. The largest absolute Gasteiger partial charge is 0.396 e. The number of benzene rings is 2. The van der Waals surface area contributed by atoms with Gasteiger partial charge in [-0.25, -0.2) is 5.43 Å². The van der Waals surface area contributed by atoms with Crippen LogP contribution in [0.5, 0.6) is 0 Å². The van der Waals surface area contributed by atoms with Gasteiger partial charge < -0.3 is 24.7 Å². The number of hydrazone groups is 1. The molecule has 8 nitrogen and oxygen atoms in total. The number of aliphatic hydroxyl groups excluding tert-OH is 1. The molecule has 0 amide bonds. The van der Waals surface area contributed by atoms with Crippen molar-refractivity contribution in [3.8, 4) is 0 Å². The van der Waals surface area contributed by atoms with Crippen molar-refractivity contribution in [3.05, 3.63) is 70.8 Å². The fourth-order valence-electron chi connectivity index (χ4n) is 3.48. The first kappa shape index (κ1) is 21.7. The highest BCUT2D eigenvalue weighted by atomic mass is 16.7. The summed E-state index contributed by atoms with van der Waals surface area (Å²) in [6.45, 7) is 4.16. The molecule has 166 valence electrons. The second-order valence-corrected chi connectivity index (χ2v) is 7.60. The fourth-order valence-corrected chi connectivity index (χ4v) is 3.48. The number of hydrogen-bond donors (Lipinski definition) is 4. The number of nitrogens with zero attached hydrogens (tertiary/aromatic N) is 1. The predicted molar refractivity (Wildman–Crippen MR) is 117 cm³/mol. The first-order valence-corrected chi connectivity index (χ1v) is 10.8. The summed E-state index contributed by atoms with van der Waals surface area (Å²) in [5.41, 5.74) is 13.7. The van der Waals surface area contributed by atoms with Crippen molar-refractivity contribution in [3.63, 3.8) is 0 Å². The number of aliphatic hydroxyl groups is 1. The third-order valence-corrected chi connectivity index (χ3v) is 5.33. The maximum Gasteiger partial charge on any atom is 0.183 e. The van der Waals surface area contributed by atoms with Crippen molar-refractivity contribution in [1.82, 2.24) is 16.3 Å². The maximum absolute atomic E-state index is 8.87. The smallest absolute Gasteiger partial charge is 0.183 e. The third kappa shape index (κ3) is 5.61. The average Bonchev–Trinajstić information content (AvgIpc) is 2.85. The van der Waals surface area contributed by atoms with Crippen molar-refractivity contribution in [2.24, 2.45) is 5.10 Å². The second kappa shape index (κ2) is 10.7. The standard InChI is InChI=1S/C23H30N4O4/c1-16(29-13-2-12-28)17-4-6-18(7-5-17)21-24-26-22(27-25-21)19-8-10-20(11-9-19)23-30-14-3-15-31-23/h4-11,16,22-23,26-28H,2-3,12-15H2,1H3,(H,24,25). The van der Waals surface area contributed by atoms with Gasteiger partial charge in [0.2, 0.25) is 0 Å². The molecule has 4 N–H and O–H groups in total. The molecule has 2 aliphatic rings. The second-order valence-electron chi connectivity index (χ2n) is 7.60. The summed E-state index contributed by atoms with van der Waals surface area (Å²) >= 11 is 0. The molecule has 0 aliphatic carbocycles. The van der Waals surface area contributed by atoms with Crippen LogP contribution in [-0.2, 0) is 14.2 Å². The summed E-state index contributed by atoms with van der Waals surface area (Å²) in [7, 11) is 0. The molecule has 0 bridgehead atoms. The van der Waals surface area contributed by atoms with Crippen LogP contribution in [0.1, 0.15) is 60.6 Å². The molecule has 0 saturated carbocycles. The van der Waals surface area contributed by atoms with Crippen LogP contribution in [0.2, 0.25) is 0 Å². The summed E-state index contributed by atoms with van der Waals surface area (Å²) in [5.74, 6) is 0.720. The van der Waals surface area contributed by atoms with Crippen LogP contribution in [0.15, 0.2) is 53.6 Å². The van der Waals surface area contributed by atoms with Crippen LogP contribution in [0.3, 0.4) is 0 Å². The lowest BCUT2D eigenvalue weighted by Crippen LogP contribution is -2.50. The van der Waals surface area contributed by atoms with Crippen molar-refractivity contribution < 1.29 is 19.3 Å². The van der Waals surface area contributed by atoms with Gasteiger partial charge in [0.1, 0.15) is 6.17 Å². The van der Waals surface area contributed by atoms with Gasteiger partial charge in [0.15, 0.2) is 12.1 Å². The maximum atomic E-state index is 8.87. The molecule has 0 spiro atoms. The van der Waals surface area contributed by atoms with Crippen LogP contribution in [-0.4, -0.2) is 37.4 Å². The van der Waals surface area contributed by atoms with Gasteiger partial charge in [0.05, 0.1) is 19.3 Å². The number of nitrogens with one attached hydrogen (secondary N) is 3.